The summed E-state index contributed by atoms with van der Waals surface area (Å²) in [5, 5.41) is 9.77. The van der Waals surface area contributed by atoms with Gasteiger partial charge in [-0.15, -0.1) is 0 Å². The molecular formula is C16H29N5O3. The van der Waals surface area contributed by atoms with Gasteiger partial charge in [0.25, 0.3) is 0 Å². The van der Waals surface area contributed by atoms with Gasteiger partial charge in [-0.05, 0) is 38.8 Å². The Hall–Kier alpha value is -1.67. The van der Waals surface area contributed by atoms with E-state index in [0.717, 1.165) is 32.5 Å². The number of carbonyl (C=O) groups excluding carboxylic acids is 1. The summed E-state index contributed by atoms with van der Waals surface area (Å²) in [6.07, 6.45) is 1.73. The Balaban J connectivity index is 1.91. The topological polar surface area (TPSA) is 92.5 Å². The molecule has 24 heavy (non-hydrogen) atoms. The predicted octanol–water partition coefficient (Wildman–Crippen LogP) is 1.49. The Morgan fingerprint density at radius 2 is 2.04 bits per heavy atom. The van der Waals surface area contributed by atoms with Crippen LogP contribution in [0.4, 0.5) is 4.79 Å². The summed E-state index contributed by atoms with van der Waals surface area (Å²) in [6, 6.07) is -0.474. The molecule has 0 aliphatic carbocycles. The van der Waals surface area contributed by atoms with Crippen LogP contribution in [0.15, 0.2) is 4.52 Å². The maximum absolute atomic E-state index is 12.3. The summed E-state index contributed by atoms with van der Waals surface area (Å²) in [6.45, 7) is 10.8. The standard InChI is InChI=1S/C16H29N5O3/c1-4-21(5-2)9-8-17-16(22)19-14(13-6-10-23-11-7-13)15-18-12(3)20-24-15/h13-14H,4-11H2,1-3H3,(H2,17,19,22)/t14-/m1/s1. The molecule has 0 unspecified atom stereocenters. The van der Waals surface area contributed by atoms with Crippen molar-refractivity contribution in [1.29, 1.82) is 0 Å². The molecule has 2 rings (SSSR count). The number of ether oxygens (including phenoxy) is 1. The summed E-state index contributed by atoms with van der Waals surface area (Å²) in [5.74, 6) is 1.29. The first-order valence-electron chi connectivity index (χ1n) is 8.78. The van der Waals surface area contributed by atoms with Gasteiger partial charge >= 0.3 is 6.03 Å². The Morgan fingerprint density at radius 1 is 1.33 bits per heavy atom. The van der Waals surface area contributed by atoms with Gasteiger partial charge in [0.05, 0.1) is 0 Å². The number of amides is 2. The van der Waals surface area contributed by atoms with E-state index in [-0.39, 0.29) is 18.0 Å². The zero-order valence-electron chi connectivity index (χ0n) is 14.9. The molecule has 1 atom stereocenters. The Bertz CT molecular complexity index is 498. The molecule has 1 aliphatic heterocycles. The molecule has 2 N–H and O–H groups in total. The van der Waals surface area contributed by atoms with Crippen LogP contribution in [-0.4, -0.2) is 60.5 Å². The third-order valence-corrected chi connectivity index (χ3v) is 4.44. The number of aromatic nitrogens is 2. The third kappa shape index (κ3) is 5.45. The van der Waals surface area contributed by atoms with Crippen LogP contribution in [0.2, 0.25) is 0 Å². The van der Waals surface area contributed by atoms with Crippen LogP contribution in [0.5, 0.6) is 0 Å². The lowest BCUT2D eigenvalue weighted by Crippen LogP contribution is -2.44. The van der Waals surface area contributed by atoms with Gasteiger partial charge in [-0.3, -0.25) is 0 Å². The first kappa shape index (κ1) is 18.7. The average Bonchev–Trinajstić information content (AvgIpc) is 3.03. The molecule has 0 spiro atoms. The number of likely N-dealkylation sites (N-methyl/N-ethyl adjacent to an activating group) is 1. The molecule has 2 amide bonds. The van der Waals surface area contributed by atoms with Gasteiger partial charge < -0.3 is 24.8 Å². The van der Waals surface area contributed by atoms with E-state index >= 15 is 0 Å². The lowest BCUT2D eigenvalue weighted by molar-refractivity contribution is 0.0503. The molecule has 2 heterocycles. The zero-order chi connectivity index (χ0) is 17.4. The number of hydrogen-bond donors (Lipinski definition) is 2. The summed E-state index contributed by atoms with van der Waals surface area (Å²) in [4.78, 5) is 18.8. The Morgan fingerprint density at radius 3 is 2.62 bits per heavy atom. The molecule has 8 heteroatoms. The molecule has 1 aromatic heterocycles. The number of urea groups is 1. The van der Waals surface area contributed by atoms with E-state index in [2.05, 4.69) is 39.5 Å². The first-order valence-corrected chi connectivity index (χ1v) is 8.78. The summed E-state index contributed by atoms with van der Waals surface area (Å²) >= 11 is 0. The minimum atomic E-state index is -0.274. The normalized spacial score (nSPS) is 17.0. The largest absolute Gasteiger partial charge is 0.381 e. The second-order valence-corrected chi connectivity index (χ2v) is 6.03. The number of hydrogen-bond acceptors (Lipinski definition) is 6. The highest BCUT2D eigenvalue weighted by atomic mass is 16.5. The minimum Gasteiger partial charge on any atom is -0.381 e. The summed E-state index contributed by atoms with van der Waals surface area (Å²) in [5.41, 5.74) is 0. The molecule has 0 radical (unpaired) electrons. The van der Waals surface area contributed by atoms with Crippen molar-refractivity contribution in [1.82, 2.24) is 25.7 Å². The molecule has 0 saturated carbocycles. The van der Waals surface area contributed by atoms with Crippen molar-refractivity contribution in [3.63, 3.8) is 0 Å². The summed E-state index contributed by atoms with van der Waals surface area (Å²) < 4.78 is 10.7. The Kier molecular flexibility index (Phi) is 7.45. The Labute approximate surface area is 143 Å². The first-order chi connectivity index (χ1) is 11.6. The SMILES string of the molecule is CCN(CC)CCNC(=O)N[C@@H](c1nc(C)no1)C1CCOCC1. The van der Waals surface area contributed by atoms with E-state index in [9.17, 15) is 4.79 Å². The van der Waals surface area contributed by atoms with Gasteiger partial charge in [0.15, 0.2) is 5.82 Å². The van der Waals surface area contributed by atoms with Crippen molar-refractivity contribution in [2.45, 2.75) is 39.7 Å². The predicted molar refractivity (Wildman–Crippen MR) is 89.6 cm³/mol. The number of rotatable bonds is 8. The molecule has 0 aromatic carbocycles. The van der Waals surface area contributed by atoms with Gasteiger partial charge in [-0.1, -0.05) is 19.0 Å². The van der Waals surface area contributed by atoms with E-state index in [0.29, 0.717) is 31.5 Å². The van der Waals surface area contributed by atoms with E-state index in [1.165, 1.54) is 0 Å². The van der Waals surface area contributed by atoms with Crippen LogP contribution in [0, 0.1) is 12.8 Å². The van der Waals surface area contributed by atoms with Crippen LogP contribution in [-0.2, 0) is 4.74 Å². The average molecular weight is 339 g/mol. The van der Waals surface area contributed by atoms with Gasteiger partial charge in [-0.2, -0.15) is 4.98 Å². The van der Waals surface area contributed by atoms with Gasteiger partial charge in [0, 0.05) is 26.3 Å². The quantitative estimate of drug-likeness (QED) is 0.745. The molecule has 1 fully saturated rings. The lowest BCUT2D eigenvalue weighted by Gasteiger charge is -2.28. The number of nitrogens with one attached hydrogen (secondary N) is 2. The lowest BCUT2D eigenvalue weighted by atomic mass is 9.91. The van der Waals surface area contributed by atoms with E-state index in [1.54, 1.807) is 6.92 Å². The van der Waals surface area contributed by atoms with Gasteiger partial charge in [0.2, 0.25) is 5.89 Å². The van der Waals surface area contributed by atoms with Crippen LogP contribution in [0.1, 0.15) is 44.4 Å². The second-order valence-electron chi connectivity index (χ2n) is 6.03. The van der Waals surface area contributed by atoms with Crippen molar-refractivity contribution in [2.24, 2.45) is 5.92 Å². The summed E-state index contributed by atoms with van der Waals surface area (Å²) in [7, 11) is 0. The molecule has 1 saturated heterocycles. The number of nitrogens with zero attached hydrogens (tertiary/aromatic N) is 3. The van der Waals surface area contributed by atoms with Gasteiger partial charge in [0.1, 0.15) is 6.04 Å². The van der Waals surface area contributed by atoms with Crippen molar-refractivity contribution in [2.75, 3.05) is 39.4 Å². The van der Waals surface area contributed by atoms with Crippen LogP contribution in [0.25, 0.3) is 0 Å². The van der Waals surface area contributed by atoms with Crippen LogP contribution < -0.4 is 10.6 Å². The monoisotopic (exact) mass is 339 g/mol. The fraction of sp³-hybridized carbons (Fsp3) is 0.812. The molecule has 0 bridgehead atoms. The van der Waals surface area contributed by atoms with E-state index in [1.807, 2.05) is 0 Å². The van der Waals surface area contributed by atoms with Crippen LogP contribution >= 0.6 is 0 Å². The maximum Gasteiger partial charge on any atom is 0.315 e. The molecule has 136 valence electrons. The van der Waals surface area contributed by atoms with Crippen LogP contribution in [0.3, 0.4) is 0 Å². The molecule has 8 nitrogen and oxygen atoms in total. The fourth-order valence-corrected chi connectivity index (χ4v) is 2.93. The number of aryl methyl sites for hydroxylation is 1. The molecule has 1 aromatic rings. The molecule has 1 aliphatic rings. The van der Waals surface area contributed by atoms with Crippen molar-refractivity contribution >= 4 is 6.03 Å². The van der Waals surface area contributed by atoms with E-state index in [4.69, 9.17) is 9.26 Å². The maximum atomic E-state index is 12.3. The van der Waals surface area contributed by atoms with Crippen molar-refractivity contribution in [3.05, 3.63) is 11.7 Å². The third-order valence-electron chi connectivity index (χ3n) is 4.44. The smallest absolute Gasteiger partial charge is 0.315 e. The van der Waals surface area contributed by atoms with E-state index < -0.39 is 0 Å². The highest BCUT2D eigenvalue weighted by molar-refractivity contribution is 5.74. The second kappa shape index (κ2) is 9.58. The molecular weight excluding hydrogens is 310 g/mol. The van der Waals surface area contributed by atoms with Crippen molar-refractivity contribution < 1.29 is 14.1 Å². The zero-order valence-corrected chi connectivity index (χ0v) is 14.9. The van der Waals surface area contributed by atoms with Crippen molar-refractivity contribution in [3.8, 4) is 0 Å². The number of carbonyl (C=O) groups is 1. The fourth-order valence-electron chi connectivity index (χ4n) is 2.93. The highest BCUT2D eigenvalue weighted by Gasteiger charge is 2.31. The highest BCUT2D eigenvalue weighted by Crippen LogP contribution is 2.29. The minimum absolute atomic E-state index is 0.200. The van der Waals surface area contributed by atoms with Gasteiger partial charge in [-0.25, -0.2) is 4.79 Å².